The number of hydrogen-bond donors (Lipinski definition) is 0. The molecule has 58 heavy (non-hydrogen) atoms. The summed E-state index contributed by atoms with van der Waals surface area (Å²) in [6.45, 7) is 0. The molecule has 0 amide bonds. The van der Waals surface area contributed by atoms with Crippen LogP contribution in [0.3, 0.4) is 0 Å². The second-order valence-corrected chi connectivity index (χ2v) is 15.3. The maximum Gasteiger partial charge on any atom is 0.143 e. The minimum atomic E-state index is 0.893. The van der Waals surface area contributed by atoms with Gasteiger partial charge in [0.2, 0.25) is 0 Å². The fourth-order valence-corrected chi connectivity index (χ4v) is 9.28. The number of fused-ring (bicyclic) bond motifs is 11. The second kappa shape index (κ2) is 12.9. The molecule has 12 rings (SSSR count). The van der Waals surface area contributed by atoms with Gasteiger partial charge in [0.25, 0.3) is 0 Å². The highest BCUT2D eigenvalue weighted by Gasteiger charge is 2.19. The third kappa shape index (κ3) is 5.12. The van der Waals surface area contributed by atoms with E-state index in [-0.39, 0.29) is 0 Å². The Kier molecular flexibility index (Phi) is 7.26. The molecule has 0 saturated heterocycles. The summed E-state index contributed by atoms with van der Waals surface area (Å²) >= 11 is 0. The first-order chi connectivity index (χ1) is 28.7. The molecule has 11 aromatic carbocycles. The Morgan fingerprint density at radius 3 is 1.66 bits per heavy atom. The molecule has 0 fully saturated rings. The Balaban J connectivity index is 1.02. The van der Waals surface area contributed by atoms with Crippen LogP contribution in [0.4, 0.5) is 17.1 Å². The average molecular weight is 738 g/mol. The van der Waals surface area contributed by atoms with E-state index in [0.29, 0.717) is 0 Å². The van der Waals surface area contributed by atoms with Crippen molar-refractivity contribution >= 4 is 92.9 Å². The third-order valence-electron chi connectivity index (χ3n) is 12.0. The summed E-state index contributed by atoms with van der Waals surface area (Å²) < 4.78 is 6.60. The summed E-state index contributed by atoms with van der Waals surface area (Å²) in [6.07, 6.45) is 0. The SMILES string of the molecule is c1cc(-c2cccc3oc4c5ccccc5ccc4c23)cc(N(c2ccc(-c3cccc4c3ccc3ccccc34)cc2)c2ccc3c(ccc4ccccc43)c2)c1. The van der Waals surface area contributed by atoms with Crippen LogP contribution in [0.15, 0.2) is 217 Å². The van der Waals surface area contributed by atoms with Crippen molar-refractivity contribution in [3.63, 3.8) is 0 Å². The molecular formula is C56H35NO. The summed E-state index contributed by atoms with van der Waals surface area (Å²) in [4.78, 5) is 2.39. The highest BCUT2D eigenvalue weighted by Crippen LogP contribution is 2.43. The molecule has 2 nitrogen and oxygen atoms in total. The van der Waals surface area contributed by atoms with E-state index in [9.17, 15) is 0 Å². The van der Waals surface area contributed by atoms with Crippen molar-refractivity contribution in [2.75, 3.05) is 4.90 Å². The molecule has 0 spiro atoms. The highest BCUT2D eigenvalue weighted by molar-refractivity contribution is 6.19. The summed E-state index contributed by atoms with van der Waals surface area (Å²) in [5, 5.41) is 14.6. The van der Waals surface area contributed by atoms with Gasteiger partial charge < -0.3 is 9.32 Å². The van der Waals surface area contributed by atoms with Gasteiger partial charge in [-0.1, -0.05) is 164 Å². The van der Waals surface area contributed by atoms with Crippen LogP contribution in [0.25, 0.3) is 98.1 Å². The smallest absolute Gasteiger partial charge is 0.143 e. The Hall–Kier alpha value is -7.68. The zero-order valence-corrected chi connectivity index (χ0v) is 31.6. The molecule has 0 aliphatic rings. The van der Waals surface area contributed by atoms with E-state index in [1.54, 1.807) is 0 Å². The average Bonchev–Trinajstić information content (AvgIpc) is 3.69. The van der Waals surface area contributed by atoms with Crippen molar-refractivity contribution in [2.45, 2.75) is 0 Å². The predicted octanol–water partition coefficient (Wildman–Crippen LogP) is 16.2. The zero-order valence-electron chi connectivity index (χ0n) is 31.6. The van der Waals surface area contributed by atoms with E-state index in [1.165, 1.54) is 59.6 Å². The first kappa shape index (κ1) is 32.6. The van der Waals surface area contributed by atoms with Gasteiger partial charge in [0.15, 0.2) is 0 Å². The van der Waals surface area contributed by atoms with E-state index in [0.717, 1.165) is 55.5 Å². The number of rotatable bonds is 5. The monoisotopic (exact) mass is 737 g/mol. The van der Waals surface area contributed by atoms with Crippen LogP contribution in [-0.4, -0.2) is 0 Å². The van der Waals surface area contributed by atoms with Crippen molar-refractivity contribution in [3.05, 3.63) is 212 Å². The van der Waals surface area contributed by atoms with Crippen LogP contribution >= 0.6 is 0 Å². The van der Waals surface area contributed by atoms with Gasteiger partial charge in [0.05, 0.1) is 0 Å². The lowest BCUT2D eigenvalue weighted by atomic mass is 9.94. The van der Waals surface area contributed by atoms with Gasteiger partial charge in [-0.05, 0) is 119 Å². The van der Waals surface area contributed by atoms with Crippen LogP contribution < -0.4 is 4.90 Å². The largest absolute Gasteiger partial charge is 0.455 e. The summed E-state index contributed by atoms with van der Waals surface area (Å²) in [5.74, 6) is 0. The first-order valence-electron chi connectivity index (χ1n) is 19.9. The highest BCUT2D eigenvalue weighted by atomic mass is 16.3. The molecule has 0 unspecified atom stereocenters. The van der Waals surface area contributed by atoms with E-state index in [2.05, 4.69) is 217 Å². The van der Waals surface area contributed by atoms with Gasteiger partial charge in [0, 0.05) is 33.2 Å². The summed E-state index contributed by atoms with van der Waals surface area (Å²) in [5.41, 5.74) is 9.80. The van der Waals surface area contributed by atoms with Crippen LogP contribution in [0.1, 0.15) is 0 Å². The van der Waals surface area contributed by atoms with E-state index in [4.69, 9.17) is 4.42 Å². The molecule has 0 atom stereocenters. The molecule has 1 heterocycles. The fourth-order valence-electron chi connectivity index (χ4n) is 9.28. The molecule has 0 aliphatic carbocycles. The number of nitrogens with zero attached hydrogens (tertiary/aromatic N) is 1. The molecule has 270 valence electrons. The van der Waals surface area contributed by atoms with Crippen molar-refractivity contribution in [1.29, 1.82) is 0 Å². The maximum absolute atomic E-state index is 6.60. The minimum Gasteiger partial charge on any atom is -0.455 e. The Labute approximate surface area is 335 Å². The van der Waals surface area contributed by atoms with Crippen LogP contribution in [0.2, 0.25) is 0 Å². The molecule has 0 aliphatic heterocycles. The van der Waals surface area contributed by atoms with Crippen molar-refractivity contribution in [3.8, 4) is 22.3 Å². The van der Waals surface area contributed by atoms with Gasteiger partial charge >= 0.3 is 0 Å². The Morgan fingerprint density at radius 1 is 0.293 bits per heavy atom. The topological polar surface area (TPSA) is 16.4 Å². The lowest BCUT2D eigenvalue weighted by Gasteiger charge is -2.27. The zero-order chi connectivity index (χ0) is 38.2. The summed E-state index contributed by atoms with van der Waals surface area (Å²) in [6, 6.07) is 77.1. The Morgan fingerprint density at radius 2 is 0.845 bits per heavy atom. The maximum atomic E-state index is 6.60. The molecule has 0 radical (unpaired) electrons. The van der Waals surface area contributed by atoms with Gasteiger partial charge in [-0.3, -0.25) is 0 Å². The van der Waals surface area contributed by atoms with E-state index in [1.807, 2.05) is 0 Å². The van der Waals surface area contributed by atoms with Gasteiger partial charge in [-0.2, -0.15) is 0 Å². The molecule has 12 aromatic rings. The molecule has 1 aromatic heterocycles. The number of benzene rings is 11. The van der Waals surface area contributed by atoms with Gasteiger partial charge in [-0.25, -0.2) is 0 Å². The van der Waals surface area contributed by atoms with Crippen molar-refractivity contribution in [2.24, 2.45) is 0 Å². The molecule has 2 heteroatoms. The minimum absolute atomic E-state index is 0.893. The van der Waals surface area contributed by atoms with Crippen LogP contribution in [0.5, 0.6) is 0 Å². The van der Waals surface area contributed by atoms with Gasteiger partial charge in [0.1, 0.15) is 11.2 Å². The van der Waals surface area contributed by atoms with Crippen molar-refractivity contribution in [1.82, 2.24) is 0 Å². The standard InChI is InChI=1S/C56H35NO/c1-4-15-45-36(10-1)22-23-41-35-44(30-33-48(41)45)57(42-28-24-39(25-29-42)47-18-8-20-51-46-16-5-2-11-37(46)26-31-52(47)51)43-14-7-13-40(34-43)49-19-9-21-54-55(49)53-32-27-38-12-3-6-17-50(38)56(53)58-54/h1-35H. The second-order valence-electron chi connectivity index (χ2n) is 15.3. The van der Waals surface area contributed by atoms with Gasteiger partial charge in [-0.15, -0.1) is 0 Å². The van der Waals surface area contributed by atoms with E-state index >= 15 is 0 Å². The molecule has 0 bridgehead atoms. The molecule has 0 saturated carbocycles. The lowest BCUT2D eigenvalue weighted by molar-refractivity contribution is 0.673. The van der Waals surface area contributed by atoms with Crippen LogP contribution in [0, 0.1) is 0 Å². The summed E-state index contributed by atoms with van der Waals surface area (Å²) in [7, 11) is 0. The fraction of sp³-hybridized carbons (Fsp3) is 0. The Bertz CT molecular complexity index is 3580. The first-order valence-corrected chi connectivity index (χ1v) is 19.9. The predicted molar refractivity (Wildman–Crippen MR) is 247 cm³/mol. The number of anilines is 3. The van der Waals surface area contributed by atoms with Crippen LogP contribution in [-0.2, 0) is 0 Å². The molecule has 0 N–H and O–H groups in total. The molecular weight excluding hydrogens is 703 g/mol. The third-order valence-corrected chi connectivity index (χ3v) is 12.0. The van der Waals surface area contributed by atoms with E-state index < -0.39 is 0 Å². The quantitative estimate of drug-likeness (QED) is 0.164. The number of hydrogen-bond acceptors (Lipinski definition) is 2. The number of furan rings is 1. The lowest BCUT2D eigenvalue weighted by Crippen LogP contribution is -2.10. The van der Waals surface area contributed by atoms with Crippen molar-refractivity contribution < 1.29 is 4.42 Å². The normalized spacial score (nSPS) is 11.8.